The molecule has 11 heteroatoms. The summed E-state index contributed by atoms with van der Waals surface area (Å²) in [5.41, 5.74) is -2.11. The van der Waals surface area contributed by atoms with Crippen molar-refractivity contribution in [3.8, 4) is 17.0 Å². The Balaban J connectivity index is 2.01. The van der Waals surface area contributed by atoms with Crippen molar-refractivity contribution in [2.75, 3.05) is 6.61 Å². The van der Waals surface area contributed by atoms with Crippen LogP contribution in [0.3, 0.4) is 0 Å². The average Bonchev–Trinajstić information content (AvgIpc) is 2.96. The maximum Gasteiger partial charge on any atom is 0.416 e. The van der Waals surface area contributed by atoms with Crippen LogP contribution in [-0.4, -0.2) is 46.2 Å². The molecular formula is C25H23F7N2O2. The number of allylic oxidation sites excluding steroid dienone is 4. The Bertz CT molecular complexity index is 1190. The van der Waals surface area contributed by atoms with Crippen LogP contribution in [0.15, 0.2) is 72.0 Å². The van der Waals surface area contributed by atoms with Crippen LogP contribution in [-0.2, 0) is 6.54 Å². The molecular weight excluding hydrogens is 493 g/mol. The Hall–Kier alpha value is -3.18. The molecule has 2 unspecified atom stereocenters. The molecule has 4 nitrogen and oxygen atoms in total. The van der Waals surface area contributed by atoms with E-state index in [-0.39, 0.29) is 36.2 Å². The highest BCUT2D eigenvalue weighted by Gasteiger charge is 2.37. The molecule has 0 bridgehead atoms. The Labute approximate surface area is 203 Å². The van der Waals surface area contributed by atoms with Crippen molar-refractivity contribution >= 4 is 0 Å². The van der Waals surface area contributed by atoms with Gasteiger partial charge in [-0.05, 0) is 43.7 Å². The standard InChI is InChI=1S/C25H23F7N2O2/c1-14(10-17(25(30,31)32)11-15(2)24(27,28)29)16(3)34-12-20-18(19-6-4-5-7-21(19)26)8-9-33-23(20)36-13-22(34)35/h4-11,16,22,35H,2,12-13H2,1,3H3/b14-10+,17-11+. The number of aliphatic hydroxyl groups is 1. The van der Waals surface area contributed by atoms with Crippen LogP contribution in [0, 0.1) is 5.82 Å². The minimum absolute atomic E-state index is 0.0207. The summed E-state index contributed by atoms with van der Waals surface area (Å²) in [5.74, 6) is -0.389. The zero-order chi connectivity index (χ0) is 26.8. The van der Waals surface area contributed by atoms with Crippen molar-refractivity contribution < 1.29 is 40.6 Å². The summed E-state index contributed by atoms with van der Waals surface area (Å²) in [6.07, 6.45) is -9.47. The fraction of sp³-hybridized carbons (Fsp3) is 0.320. The van der Waals surface area contributed by atoms with Gasteiger partial charge in [0.1, 0.15) is 18.7 Å². The molecule has 0 saturated carbocycles. The van der Waals surface area contributed by atoms with Gasteiger partial charge in [0.15, 0.2) is 0 Å². The van der Waals surface area contributed by atoms with E-state index in [1.54, 1.807) is 18.2 Å². The summed E-state index contributed by atoms with van der Waals surface area (Å²) in [4.78, 5) is 5.53. The molecule has 2 aromatic rings. The summed E-state index contributed by atoms with van der Waals surface area (Å²) < 4.78 is 99.0. The van der Waals surface area contributed by atoms with Gasteiger partial charge in [0.05, 0.1) is 5.57 Å². The number of alkyl halides is 6. The minimum Gasteiger partial charge on any atom is -0.473 e. The van der Waals surface area contributed by atoms with Gasteiger partial charge in [-0.15, -0.1) is 0 Å². The van der Waals surface area contributed by atoms with Crippen LogP contribution in [0.1, 0.15) is 19.4 Å². The maximum absolute atomic E-state index is 14.5. The van der Waals surface area contributed by atoms with Crippen LogP contribution < -0.4 is 4.74 Å². The number of aliphatic hydroxyl groups excluding tert-OH is 1. The molecule has 0 fully saturated rings. The number of nitrogens with zero attached hydrogens (tertiary/aromatic N) is 2. The van der Waals surface area contributed by atoms with Gasteiger partial charge in [-0.1, -0.05) is 30.4 Å². The third-order valence-electron chi connectivity index (χ3n) is 5.83. The highest BCUT2D eigenvalue weighted by Crippen LogP contribution is 2.36. The number of ether oxygens (including phenoxy) is 1. The maximum atomic E-state index is 14.5. The number of pyridine rings is 1. The normalized spacial score (nSPS) is 18.8. The van der Waals surface area contributed by atoms with Gasteiger partial charge in [-0.3, -0.25) is 4.90 Å². The Morgan fingerprint density at radius 3 is 2.39 bits per heavy atom. The summed E-state index contributed by atoms with van der Waals surface area (Å²) in [6, 6.07) is 6.62. The second-order valence-corrected chi connectivity index (χ2v) is 8.27. The largest absolute Gasteiger partial charge is 0.473 e. The Morgan fingerprint density at radius 2 is 1.78 bits per heavy atom. The van der Waals surface area contributed by atoms with E-state index in [0.29, 0.717) is 17.2 Å². The molecule has 0 aliphatic carbocycles. The lowest BCUT2D eigenvalue weighted by atomic mass is 9.98. The fourth-order valence-electron chi connectivity index (χ4n) is 3.72. The van der Waals surface area contributed by atoms with Gasteiger partial charge in [0, 0.05) is 35.5 Å². The van der Waals surface area contributed by atoms with Gasteiger partial charge in [-0.25, -0.2) is 9.37 Å². The van der Waals surface area contributed by atoms with E-state index in [4.69, 9.17) is 4.74 Å². The molecule has 0 radical (unpaired) electrons. The molecule has 1 aliphatic rings. The Morgan fingerprint density at radius 1 is 1.11 bits per heavy atom. The summed E-state index contributed by atoms with van der Waals surface area (Å²) in [5, 5.41) is 10.7. The third kappa shape index (κ3) is 6.14. The highest BCUT2D eigenvalue weighted by atomic mass is 19.4. The lowest BCUT2D eigenvalue weighted by Crippen LogP contribution is -2.43. The first-order valence-corrected chi connectivity index (χ1v) is 10.7. The number of aromatic nitrogens is 1. The van der Waals surface area contributed by atoms with Crippen molar-refractivity contribution in [3.05, 3.63) is 83.4 Å². The quantitative estimate of drug-likeness (QED) is 0.372. The van der Waals surface area contributed by atoms with Crippen LogP contribution in [0.5, 0.6) is 5.88 Å². The van der Waals surface area contributed by atoms with Crippen molar-refractivity contribution in [1.82, 2.24) is 9.88 Å². The lowest BCUT2D eigenvalue weighted by molar-refractivity contribution is -0.0932. The van der Waals surface area contributed by atoms with Crippen LogP contribution in [0.2, 0.25) is 0 Å². The number of hydrogen-bond donors (Lipinski definition) is 1. The molecule has 0 saturated heterocycles. The fourth-order valence-corrected chi connectivity index (χ4v) is 3.72. The van der Waals surface area contributed by atoms with Gasteiger partial charge in [0.2, 0.25) is 5.88 Å². The molecule has 1 aromatic heterocycles. The topological polar surface area (TPSA) is 45.6 Å². The summed E-state index contributed by atoms with van der Waals surface area (Å²) in [6.45, 7) is 5.11. The zero-order valence-electron chi connectivity index (χ0n) is 19.3. The third-order valence-corrected chi connectivity index (χ3v) is 5.83. The van der Waals surface area contributed by atoms with Gasteiger partial charge in [0.25, 0.3) is 0 Å². The van der Waals surface area contributed by atoms with Crippen LogP contribution >= 0.6 is 0 Å². The predicted molar refractivity (Wildman–Crippen MR) is 119 cm³/mol. The van der Waals surface area contributed by atoms with Crippen molar-refractivity contribution in [2.45, 2.75) is 45.0 Å². The van der Waals surface area contributed by atoms with Gasteiger partial charge >= 0.3 is 12.4 Å². The first kappa shape index (κ1) is 27.4. The van der Waals surface area contributed by atoms with Crippen molar-refractivity contribution in [2.24, 2.45) is 0 Å². The first-order chi connectivity index (χ1) is 16.7. The van der Waals surface area contributed by atoms with Crippen LogP contribution in [0.25, 0.3) is 11.1 Å². The SMILES string of the molecule is C=C(/C=C(\C=C(/C)C(C)N1Cc2c(-c3ccccc3F)ccnc2OCC1O)C(F)(F)F)C(F)(F)F. The molecule has 3 rings (SSSR count). The molecule has 1 aliphatic heterocycles. The molecule has 0 amide bonds. The number of benzene rings is 1. The van der Waals surface area contributed by atoms with E-state index in [9.17, 15) is 35.8 Å². The molecule has 36 heavy (non-hydrogen) atoms. The van der Waals surface area contributed by atoms with E-state index >= 15 is 0 Å². The molecule has 1 N–H and O–H groups in total. The predicted octanol–water partition coefficient (Wildman–Crippen LogP) is 6.34. The number of rotatable bonds is 5. The Kier molecular flexibility index (Phi) is 7.94. The summed E-state index contributed by atoms with van der Waals surface area (Å²) in [7, 11) is 0. The minimum atomic E-state index is -5.08. The second-order valence-electron chi connectivity index (χ2n) is 8.27. The first-order valence-electron chi connectivity index (χ1n) is 10.7. The molecule has 0 spiro atoms. The highest BCUT2D eigenvalue weighted by molar-refractivity contribution is 5.69. The number of fused-ring (bicyclic) bond motifs is 1. The molecule has 194 valence electrons. The smallest absolute Gasteiger partial charge is 0.416 e. The van der Waals surface area contributed by atoms with E-state index in [0.717, 1.165) is 0 Å². The second kappa shape index (κ2) is 10.4. The number of hydrogen-bond acceptors (Lipinski definition) is 4. The molecule has 2 heterocycles. The van der Waals surface area contributed by atoms with Gasteiger partial charge in [-0.2, -0.15) is 26.3 Å². The van der Waals surface area contributed by atoms with E-state index in [1.165, 1.54) is 37.1 Å². The lowest BCUT2D eigenvalue weighted by Gasteiger charge is -2.32. The van der Waals surface area contributed by atoms with Gasteiger partial charge < -0.3 is 9.84 Å². The van der Waals surface area contributed by atoms with E-state index in [2.05, 4.69) is 11.6 Å². The molecule has 2 atom stereocenters. The monoisotopic (exact) mass is 516 g/mol. The average molecular weight is 516 g/mol. The van der Waals surface area contributed by atoms with Crippen LogP contribution in [0.4, 0.5) is 30.7 Å². The van der Waals surface area contributed by atoms with Crippen molar-refractivity contribution in [3.63, 3.8) is 0 Å². The number of halogens is 7. The zero-order valence-corrected chi connectivity index (χ0v) is 19.3. The van der Waals surface area contributed by atoms with E-state index in [1.807, 2.05) is 0 Å². The molecule has 1 aromatic carbocycles. The summed E-state index contributed by atoms with van der Waals surface area (Å²) >= 11 is 0. The van der Waals surface area contributed by atoms with Crippen molar-refractivity contribution in [1.29, 1.82) is 0 Å². The van der Waals surface area contributed by atoms with E-state index < -0.39 is 41.6 Å².